The zero-order valence-corrected chi connectivity index (χ0v) is 16.6. The van der Waals surface area contributed by atoms with E-state index in [0.29, 0.717) is 12.5 Å². The largest absolute Gasteiger partial charge is 0.359 e. The van der Waals surface area contributed by atoms with Crippen LogP contribution in [0, 0.1) is 5.92 Å². The molecule has 3 rings (SSSR count). The van der Waals surface area contributed by atoms with Crippen molar-refractivity contribution in [3.8, 4) is 0 Å². The van der Waals surface area contributed by atoms with E-state index < -0.39 is 0 Å². The first kappa shape index (κ1) is 19.2. The molecule has 0 unspecified atom stereocenters. The lowest BCUT2D eigenvalue weighted by Gasteiger charge is -2.22. The predicted octanol–water partition coefficient (Wildman–Crippen LogP) is 3.12. The molecule has 0 saturated heterocycles. The van der Waals surface area contributed by atoms with Gasteiger partial charge in [-0.15, -0.1) is 0 Å². The molecule has 146 valence electrons. The average molecular weight is 362 g/mol. The first-order valence-corrected chi connectivity index (χ1v) is 10.4. The Balaban J connectivity index is 1.39. The molecule has 0 bridgehead atoms. The third-order valence-electron chi connectivity index (χ3n) is 5.58. The number of rotatable bonds is 11. The molecule has 0 atom stereocenters. The van der Waals surface area contributed by atoms with Crippen molar-refractivity contribution in [1.82, 2.24) is 20.7 Å². The van der Waals surface area contributed by atoms with Gasteiger partial charge in [-0.25, -0.2) is 0 Å². The first-order chi connectivity index (χ1) is 12.7. The van der Waals surface area contributed by atoms with Gasteiger partial charge in [-0.3, -0.25) is 9.89 Å². The molecule has 6 nitrogen and oxygen atoms in total. The van der Waals surface area contributed by atoms with Crippen molar-refractivity contribution < 1.29 is 4.52 Å². The van der Waals surface area contributed by atoms with Crippen LogP contribution < -0.4 is 10.6 Å². The Kier molecular flexibility index (Phi) is 6.94. The number of nitrogens with zero attached hydrogens (tertiary/aromatic N) is 3. The van der Waals surface area contributed by atoms with E-state index in [1.165, 1.54) is 32.2 Å². The zero-order chi connectivity index (χ0) is 18.4. The van der Waals surface area contributed by atoms with E-state index in [-0.39, 0.29) is 0 Å². The van der Waals surface area contributed by atoms with E-state index in [9.17, 15) is 0 Å². The van der Waals surface area contributed by atoms with Gasteiger partial charge in [0.25, 0.3) is 0 Å². The fourth-order valence-electron chi connectivity index (χ4n) is 3.52. The van der Waals surface area contributed by atoms with Crippen LogP contribution in [-0.4, -0.2) is 48.7 Å². The van der Waals surface area contributed by atoms with Gasteiger partial charge < -0.3 is 15.2 Å². The Labute approximate surface area is 157 Å². The Bertz CT molecular complexity index is 573. The van der Waals surface area contributed by atoms with Crippen molar-refractivity contribution in [2.24, 2.45) is 10.9 Å². The molecule has 1 heterocycles. The van der Waals surface area contributed by atoms with Gasteiger partial charge in [-0.2, -0.15) is 0 Å². The number of aliphatic imine (C=N–C) groups is 1. The highest BCUT2D eigenvalue weighted by Gasteiger charge is 2.33. The molecule has 1 aromatic heterocycles. The smallest absolute Gasteiger partial charge is 0.191 e. The lowest BCUT2D eigenvalue weighted by Crippen LogP contribution is -2.42. The minimum Gasteiger partial charge on any atom is -0.359 e. The topological polar surface area (TPSA) is 65.7 Å². The molecule has 1 aromatic rings. The number of hydrogen-bond acceptors (Lipinski definition) is 4. The quantitative estimate of drug-likeness (QED) is 0.468. The summed E-state index contributed by atoms with van der Waals surface area (Å²) in [7, 11) is 1.81. The fourth-order valence-corrected chi connectivity index (χ4v) is 3.52. The second-order valence-corrected chi connectivity index (χ2v) is 7.75. The number of hydrogen-bond donors (Lipinski definition) is 2. The second-order valence-electron chi connectivity index (χ2n) is 7.75. The zero-order valence-electron chi connectivity index (χ0n) is 16.6. The van der Waals surface area contributed by atoms with Crippen LogP contribution in [0.1, 0.15) is 69.7 Å². The SMILES string of the molecule is CCC(CC)c1cc(CNC(=NC)NCCN(CC2CC2)C2CC2)on1. The maximum Gasteiger partial charge on any atom is 0.191 e. The predicted molar refractivity (Wildman–Crippen MR) is 105 cm³/mol. The van der Waals surface area contributed by atoms with Crippen molar-refractivity contribution in [3.63, 3.8) is 0 Å². The van der Waals surface area contributed by atoms with E-state index in [0.717, 1.165) is 55.3 Å². The van der Waals surface area contributed by atoms with E-state index in [1.54, 1.807) is 0 Å². The maximum atomic E-state index is 5.47. The number of guanidine groups is 1. The van der Waals surface area contributed by atoms with E-state index in [4.69, 9.17) is 4.52 Å². The minimum atomic E-state index is 0.491. The van der Waals surface area contributed by atoms with Crippen LogP contribution in [0.25, 0.3) is 0 Å². The van der Waals surface area contributed by atoms with Crippen molar-refractivity contribution in [2.75, 3.05) is 26.7 Å². The summed E-state index contributed by atoms with van der Waals surface area (Å²) in [4.78, 5) is 6.98. The molecule has 6 heteroatoms. The van der Waals surface area contributed by atoms with Crippen molar-refractivity contribution in [1.29, 1.82) is 0 Å². The van der Waals surface area contributed by atoms with Gasteiger partial charge in [0, 0.05) is 44.7 Å². The van der Waals surface area contributed by atoms with E-state index in [2.05, 4.69) is 45.6 Å². The number of nitrogens with one attached hydrogen (secondary N) is 2. The average Bonchev–Trinajstić information content (AvgIpc) is 3.57. The van der Waals surface area contributed by atoms with Crippen LogP contribution in [0.5, 0.6) is 0 Å². The van der Waals surface area contributed by atoms with Gasteiger partial charge in [0.2, 0.25) is 0 Å². The third kappa shape index (κ3) is 5.73. The van der Waals surface area contributed by atoms with Gasteiger partial charge in [0.1, 0.15) is 0 Å². The molecular weight excluding hydrogens is 326 g/mol. The fraction of sp³-hybridized carbons (Fsp3) is 0.800. The highest BCUT2D eigenvalue weighted by atomic mass is 16.5. The van der Waals surface area contributed by atoms with E-state index >= 15 is 0 Å². The molecule has 2 aliphatic carbocycles. The van der Waals surface area contributed by atoms with Gasteiger partial charge in [0.15, 0.2) is 11.7 Å². The van der Waals surface area contributed by atoms with Gasteiger partial charge in [-0.05, 0) is 44.4 Å². The molecule has 26 heavy (non-hydrogen) atoms. The highest BCUT2D eigenvalue weighted by molar-refractivity contribution is 5.79. The molecule has 2 N–H and O–H groups in total. The maximum absolute atomic E-state index is 5.47. The molecule has 2 saturated carbocycles. The molecule has 0 aliphatic heterocycles. The summed E-state index contributed by atoms with van der Waals surface area (Å²) in [5.74, 6) is 3.14. The summed E-state index contributed by atoms with van der Waals surface area (Å²) in [6, 6.07) is 2.91. The normalized spacial score (nSPS) is 18.0. The Morgan fingerprint density at radius 3 is 2.65 bits per heavy atom. The van der Waals surface area contributed by atoms with Gasteiger partial charge in [0.05, 0.1) is 12.2 Å². The Morgan fingerprint density at radius 1 is 1.27 bits per heavy atom. The first-order valence-electron chi connectivity index (χ1n) is 10.4. The molecule has 2 fully saturated rings. The summed E-state index contributed by atoms with van der Waals surface area (Å²) < 4.78 is 5.47. The minimum absolute atomic E-state index is 0.491. The summed E-state index contributed by atoms with van der Waals surface area (Å²) in [5, 5.41) is 11.0. The molecule has 0 amide bonds. The van der Waals surface area contributed by atoms with Crippen molar-refractivity contribution in [3.05, 3.63) is 17.5 Å². The van der Waals surface area contributed by atoms with Crippen LogP contribution in [0.15, 0.2) is 15.6 Å². The van der Waals surface area contributed by atoms with Crippen LogP contribution in [0.4, 0.5) is 0 Å². The van der Waals surface area contributed by atoms with Crippen molar-refractivity contribution in [2.45, 2.75) is 70.9 Å². The summed E-state index contributed by atoms with van der Waals surface area (Å²) in [6.45, 7) is 8.32. The molecule has 0 radical (unpaired) electrons. The third-order valence-corrected chi connectivity index (χ3v) is 5.58. The van der Waals surface area contributed by atoms with Crippen LogP contribution >= 0.6 is 0 Å². The monoisotopic (exact) mass is 361 g/mol. The van der Waals surface area contributed by atoms with Gasteiger partial charge >= 0.3 is 0 Å². The van der Waals surface area contributed by atoms with Crippen LogP contribution in [0.2, 0.25) is 0 Å². The Morgan fingerprint density at radius 2 is 2.04 bits per heavy atom. The summed E-state index contributed by atoms with van der Waals surface area (Å²) in [5.41, 5.74) is 1.06. The summed E-state index contributed by atoms with van der Waals surface area (Å²) in [6.07, 6.45) is 7.80. The highest BCUT2D eigenvalue weighted by Crippen LogP contribution is 2.34. The Hall–Kier alpha value is -1.56. The lowest BCUT2D eigenvalue weighted by atomic mass is 9.99. The standard InChI is InChI=1S/C20H35N5O/c1-4-16(5-2)19-12-18(26-24-19)13-23-20(21-3)22-10-11-25(17-8-9-17)14-15-6-7-15/h12,15-17H,4-11,13-14H2,1-3H3,(H2,21,22,23). The molecule has 2 aliphatic rings. The number of aromatic nitrogens is 1. The van der Waals surface area contributed by atoms with Crippen LogP contribution in [-0.2, 0) is 6.54 Å². The molecular formula is C20H35N5O. The summed E-state index contributed by atoms with van der Waals surface area (Å²) >= 11 is 0. The van der Waals surface area contributed by atoms with Crippen molar-refractivity contribution >= 4 is 5.96 Å². The molecule has 0 aromatic carbocycles. The van der Waals surface area contributed by atoms with Gasteiger partial charge in [-0.1, -0.05) is 19.0 Å². The van der Waals surface area contributed by atoms with Crippen LogP contribution in [0.3, 0.4) is 0 Å². The lowest BCUT2D eigenvalue weighted by molar-refractivity contribution is 0.256. The second kappa shape index (κ2) is 9.40. The molecule has 0 spiro atoms. The van der Waals surface area contributed by atoms with E-state index in [1.807, 2.05) is 7.05 Å².